The molecule has 0 atom stereocenters. The van der Waals surface area contributed by atoms with Gasteiger partial charge < -0.3 is 14.9 Å². The Balaban J connectivity index is 3.06. The lowest BCUT2D eigenvalue weighted by Crippen LogP contribution is -2.33. The standard InChI is InChI=1S/C10H17BrN2O4S/c1-3-13(4-5-16-2)18(14,15)9-6-8(7-12)17-10(9)11/h6H,3-5,7,12H2,1-2H3. The van der Waals surface area contributed by atoms with Crippen molar-refractivity contribution in [3.8, 4) is 0 Å². The third-order valence-corrected chi connectivity index (χ3v) is 5.25. The van der Waals surface area contributed by atoms with Crippen LogP contribution in [-0.2, 0) is 21.3 Å². The minimum absolute atomic E-state index is 0.0981. The molecule has 2 N–H and O–H groups in total. The Labute approximate surface area is 115 Å². The highest BCUT2D eigenvalue weighted by Gasteiger charge is 2.28. The third-order valence-electron chi connectivity index (χ3n) is 2.42. The van der Waals surface area contributed by atoms with E-state index in [1.54, 1.807) is 6.92 Å². The van der Waals surface area contributed by atoms with Crippen molar-refractivity contribution in [3.63, 3.8) is 0 Å². The van der Waals surface area contributed by atoms with Gasteiger partial charge in [0.1, 0.15) is 10.7 Å². The van der Waals surface area contributed by atoms with Gasteiger partial charge >= 0.3 is 0 Å². The molecule has 1 heterocycles. The fourth-order valence-electron chi connectivity index (χ4n) is 1.45. The second-order valence-corrected chi connectivity index (χ2v) is 6.17. The number of methoxy groups -OCH3 is 1. The van der Waals surface area contributed by atoms with Crippen molar-refractivity contribution in [2.45, 2.75) is 18.4 Å². The second-order valence-electron chi connectivity index (χ2n) is 3.54. The molecule has 0 spiro atoms. The molecule has 0 saturated heterocycles. The predicted molar refractivity (Wildman–Crippen MR) is 70.6 cm³/mol. The average Bonchev–Trinajstić information content (AvgIpc) is 2.72. The number of likely N-dealkylation sites (N-methyl/N-ethyl adjacent to an activating group) is 1. The van der Waals surface area contributed by atoms with Crippen molar-refractivity contribution < 1.29 is 17.6 Å². The van der Waals surface area contributed by atoms with E-state index in [1.165, 1.54) is 17.5 Å². The number of hydrogen-bond acceptors (Lipinski definition) is 5. The molecule has 6 nitrogen and oxygen atoms in total. The lowest BCUT2D eigenvalue weighted by Gasteiger charge is -2.19. The minimum atomic E-state index is -3.59. The van der Waals surface area contributed by atoms with Crippen molar-refractivity contribution in [3.05, 3.63) is 16.5 Å². The van der Waals surface area contributed by atoms with Crippen molar-refractivity contribution in [1.82, 2.24) is 4.31 Å². The summed E-state index contributed by atoms with van der Waals surface area (Å²) in [7, 11) is -2.06. The van der Waals surface area contributed by atoms with Gasteiger partial charge in [-0.2, -0.15) is 4.31 Å². The Morgan fingerprint density at radius 1 is 1.56 bits per heavy atom. The monoisotopic (exact) mass is 340 g/mol. The smallest absolute Gasteiger partial charge is 0.247 e. The van der Waals surface area contributed by atoms with Crippen molar-refractivity contribution in [2.24, 2.45) is 5.73 Å². The number of nitrogens with zero attached hydrogens (tertiary/aromatic N) is 1. The van der Waals surface area contributed by atoms with E-state index in [4.69, 9.17) is 14.9 Å². The van der Waals surface area contributed by atoms with E-state index >= 15 is 0 Å². The molecule has 0 aliphatic heterocycles. The Morgan fingerprint density at radius 2 is 2.22 bits per heavy atom. The largest absolute Gasteiger partial charge is 0.452 e. The molecule has 0 amide bonds. The molecular formula is C10H17BrN2O4S. The van der Waals surface area contributed by atoms with Gasteiger partial charge in [-0.1, -0.05) is 6.92 Å². The summed E-state index contributed by atoms with van der Waals surface area (Å²) in [6, 6.07) is 1.44. The van der Waals surface area contributed by atoms with E-state index in [1.807, 2.05) is 0 Å². The molecule has 0 radical (unpaired) electrons. The molecule has 0 bridgehead atoms. The first-order chi connectivity index (χ1) is 8.47. The summed E-state index contributed by atoms with van der Waals surface area (Å²) in [6.45, 7) is 2.92. The van der Waals surface area contributed by atoms with Gasteiger partial charge in [0.05, 0.1) is 13.2 Å². The quantitative estimate of drug-likeness (QED) is 0.804. The fraction of sp³-hybridized carbons (Fsp3) is 0.600. The van der Waals surface area contributed by atoms with Gasteiger partial charge in [0.15, 0.2) is 4.67 Å². The zero-order valence-electron chi connectivity index (χ0n) is 10.3. The molecule has 0 aromatic carbocycles. The Morgan fingerprint density at radius 3 is 2.67 bits per heavy atom. The zero-order valence-corrected chi connectivity index (χ0v) is 12.8. The SMILES string of the molecule is CCN(CCOC)S(=O)(=O)c1cc(CN)oc1Br. The molecule has 0 unspecified atom stereocenters. The number of halogens is 1. The van der Waals surface area contributed by atoms with Gasteiger partial charge in [-0.3, -0.25) is 0 Å². The van der Waals surface area contributed by atoms with Gasteiger partial charge in [0.2, 0.25) is 10.0 Å². The maximum atomic E-state index is 12.4. The maximum Gasteiger partial charge on any atom is 0.247 e. The normalized spacial score (nSPS) is 12.3. The van der Waals surface area contributed by atoms with E-state index in [0.717, 1.165) is 0 Å². The van der Waals surface area contributed by atoms with E-state index in [0.29, 0.717) is 25.5 Å². The number of sulfonamides is 1. The number of ether oxygens (including phenoxy) is 1. The number of hydrogen-bond donors (Lipinski definition) is 1. The van der Waals surface area contributed by atoms with Gasteiger partial charge in [-0.05, 0) is 15.9 Å². The highest BCUT2D eigenvalue weighted by Crippen LogP contribution is 2.28. The van der Waals surface area contributed by atoms with Gasteiger partial charge in [0.25, 0.3) is 0 Å². The van der Waals surface area contributed by atoms with E-state index in [2.05, 4.69) is 15.9 Å². The molecule has 0 fully saturated rings. The highest BCUT2D eigenvalue weighted by molar-refractivity contribution is 9.10. The van der Waals surface area contributed by atoms with Crippen LogP contribution < -0.4 is 5.73 Å². The lowest BCUT2D eigenvalue weighted by atomic mass is 10.5. The molecule has 104 valence electrons. The van der Waals surface area contributed by atoms with E-state index in [9.17, 15) is 8.42 Å². The van der Waals surface area contributed by atoms with Crippen LogP contribution in [0.15, 0.2) is 20.0 Å². The van der Waals surface area contributed by atoms with Crippen LogP contribution in [0.3, 0.4) is 0 Å². The average molecular weight is 341 g/mol. The molecular weight excluding hydrogens is 324 g/mol. The van der Waals surface area contributed by atoms with Crippen LogP contribution in [0.5, 0.6) is 0 Å². The predicted octanol–water partition coefficient (Wildman–Crippen LogP) is 1.16. The Kier molecular flexibility index (Phi) is 5.80. The number of nitrogens with two attached hydrogens (primary N) is 1. The Bertz CT molecular complexity index is 486. The summed E-state index contributed by atoms with van der Waals surface area (Å²) in [6.07, 6.45) is 0. The number of rotatable bonds is 7. The van der Waals surface area contributed by atoms with Crippen molar-refractivity contribution >= 4 is 26.0 Å². The second kappa shape index (κ2) is 6.67. The number of furan rings is 1. The summed E-state index contributed by atoms with van der Waals surface area (Å²) < 4.78 is 36.3. The first-order valence-electron chi connectivity index (χ1n) is 5.44. The van der Waals surface area contributed by atoms with Crippen molar-refractivity contribution in [2.75, 3.05) is 26.8 Å². The highest BCUT2D eigenvalue weighted by atomic mass is 79.9. The van der Waals surface area contributed by atoms with Gasteiger partial charge in [-0.25, -0.2) is 8.42 Å². The van der Waals surface area contributed by atoms with Crippen LogP contribution >= 0.6 is 15.9 Å². The molecule has 1 aromatic heterocycles. The molecule has 1 rings (SSSR count). The van der Waals surface area contributed by atoms with E-state index in [-0.39, 0.29) is 16.1 Å². The molecule has 0 aliphatic rings. The van der Waals surface area contributed by atoms with Crippen LogP contribution in [0, 0.1) is 0 Å². The fourth-order valence-corrected chi connectivity index (χ4v) is 3.85. The zero-order chi connectivity index (χ0) is 13.8. The van der Waals surface area contributed by atoms with Gasteiger partial charge in [-0.15, -0.1) is 0 Å². The van der Waals surface area contributed by atoms with Crippen LogP contribution in [0.2, 0.25) is 0 Å². The topological polar surface area (TPSA) is 85.8 Å². The summed E-state index contributed by atoms with van der Waals surface area (Å²) in [5, 5.41) is 0. The molecule has 18 heavy (non-hydrogen) atoms. The first kappa shape index (κ1) is 15.6. The summed E-state index contributed by atoms with van der Waals surface area (Å²) in [4.78, 5) is 0.0981. The first-order valence-corrected chi connectivity index (χ1v) is 7.68. The third kappa shape index (κ3) is 3.33. The van der Waals surface area contributed by atoms with Crippen LogP contribution in [-0.4, -0.2) is 39.5 Å². The molecule has 8 heteroatoms. The summed E-state index contributed by atoms with van der Waals surface area (Å²) >= 11 is 3.10. The van der Waals surface area contributed by atoms with E-state index < -0.39 is 10.0 Å². The van der Waals surface area contributed by atoms with Crippen molar-refractivity contribution in [1.29, 1.82) is 0 Å². The summed E-state index contributed by atoms with van der Waals surface area (Å²) in [5.74, 6) is 0.420. The molecule has 0 saturated carbocycles. The van der Waals surface area contributed by atoms with Crippen LogP contribution in [0.4, 0.5) is 0 Å². The maximum absolute atomic E-state index is 12.4. The lowest BCUT2D eigenvalue weighted by molar-refractivity contribution is 0.180. The van der Waals surface area contributed by atoms with Crippen LogP contribution in [0.1, 0.15) is 12.7 Å². The van der Waals surface area contributed by atoms with Crippen LogP contribution in [0.25, 0.3) is 0 Å². The van der Waals surface area contributed by atoms with Gasteiger partial charge in [0, 0.05) is 26.3 Å². The Hall–Kier alpha value is -0.410. The summed E-state index contributed by atoms with van der Waals surface area (Å²) in [5.41, 5.74) is 5.42. The molecule has 1 aromatic rings. The minimum Gasteiger partial charge on any atom is -0.452 e. The molecule has 0 aliphatic carbocycles.